The molecule has 21 heavy (non-hydrogen) atoms. The third-order valence-corrected chi connectivity index (χ3v) is 3.30. The molecule has 1 rings (SSSR count). The molecule has 8 heteroatoms. The predicted octanol–water partition coefficient (Wildman–Crippen LogP) is 1.28. The third-order valence-electron chi connectivity index (χ3n) is 2.39. The molecular formula is C13H19N3O4S. The number of nitrogens with zero attached hydrogens (tertiary/aromatic N) is 1. The Bertz CT molecular complexity index is 476. The molecule has 0 aliphatic heterocycles. The van der Waals surface area contributed by atoms with Gasteiger partial charge in [-0.1, -0.05) is 6.08 Å². The highest BCUT2D eigenvalue weighted by molar-refractivity contribution is 7.09. The number of nitrogens with one attached hydrogen (secondary N) is 2. The summed E-state index contributed by atoms with van der Waals surface area (Å²) >= 11 is 1.27. The molecule has 0 spiro atoms. The van der Waals surface area contributed by atoms with E-state index in [9.17, 15) is 9.59 Å². The number of aromatic nitrogens is 1. The molecule has 0 atom stereocenters. The predicted molar refractivity (Wildman–Crippen MR) is 79.8 cm³/mol. The lowest BCUT2D eigenvalue weighted by Gasteiger charge is -2.07. The average Bonchev–Trinajstić information content (AvgIpc) is 2.92. The zero-order chi connectivity index (χ0) is 15.5. The molecular weight excluding hydrogens is 294 g/mol. The molecule has 0 saturated carbocycles. The van der Waals surface area contributed by atoms with E-state index < -0.39 is 5.97 Å². The second kappa shape index (κ2) is 9.89. The van der Waals surface area contributed by atoms with Crippen LogP contribution in [0.25, 0.3) is 0 Å². The minimum absolute atomic E-state index is 0.0381. The molecule has 2 amide bonds. The van der Waals surface area contributed by atoms with Crippen molar-refractivity contribution in [2.45, 2.75) is 12.8 Å². The molecule has 0 fully saturated rings. The highest BCUT2D eigenvalue weighted by Gasteiger charge is 2.08. The molecule has 1 aromatic rings. The van der Waals surface area contributed by atoms with Crippen LogP contribution in [0, 0.1) is 0 Å². The van der Waals surface area contributed by atoms with Crippen molar-refractivity contribution >= 4 is 23.3 Å². The maximum Gasteiger partial charge on any atom is 0.355 e. The molecule has 0 radical (unpaired) electrons. The van der Waals surface area contributed by atoms with E-state index in [0.717, 1.165) is 6.42 Å². The Morgan fingerprint density at radius 3 is 2.81 bits per heavy atom. The molecule has 0 aromatic carbocycles. The normalized spacial score (nSPS) is 10.1. The van der Waals surface area contributed by atoms with Crippen LogP contribution in [0.5, 0.6) is 0 Å². The van der Waals surface area contributed by atoms with Crippen molar-refractivity contribution in [3.05, 3.63) is 28.7 Å². The number of ether oxygens (including phenoxy) is 1. The Balaban J connectivity index is 2.07. The van der Waals surface area contributed by atoms with Crippen molar-refractivity contribution in [3.8, 4) is 0 Å². The number of hydrogen-bond acceptors (Lipinski definition) is 5. The molecule has 0 unspecified atom stereocenters. The van der Waals surface area contributed by atoms with E-state index >= 15 is 0 Å². The number of urea groups is 1. The first-order valence-electron chi connectivity index (χ1n) is 6.51. The van der Waals surface area contributed by atoms with E-state index in [4.69, 9.17) is 9.84 Å². The summed E-state index contributed by atoms with van der Waals surface area (Å²) in [6.07, 6.45) is 3.06. The van der Waals surface area contributed by atoms with E-state index in [1.165, 1.54) is 16.7 Å². The fourth-order valence-corrected chi connectivity index (χ4v) is 2.15. The van der Waals surface area contributed by atoms with E-state index in [0.29, 0.717) is 37.7 Å². The van der Waals surface area contributed by atoms with Crippen molar-refractivity contribution in [3.63, 3.8) is 0 Å². The fourth-order valence-electron chi connectivity index (χ4n) is 1.37. The largest absolute Gasteiger partial charge is 0.476 e. The van der Waals surface area contributed by atoms with Crippen molar-refractivity contribution in [2.75, 3.05) is 26.3 Å². The second-order valence-electron chi connectivity index (χ2n) is 4.05. The number of amides is 2. The number of aromatic carboxylic acids is 1. The van der Waals surface area contributed by atoms with Crippen molar-refractivity contribution < 1.29 is 19.4 Å². The van der Waals surface area contributed by atoms with Crippen molar-refractivity contribution in [1.82, 2.24) is 15.6 Å². The zero-order valence-corrected chi connectivity index (χ0v) is 12.4. The van der Waals surface area contributed by atoms with Crippen molar-refractivity contribution in [1.29, 1.82) is 0 Å². The molecule has 1 heterocycles. The lowest BCUT2D eigenvalue weighted by atomic mass is 10.4. The summed E-state index contributed by atoms with van der Waals surface area (Å²) in [5.41, 5.74) is 0.0381. The molecule has 116 valence electrons. The first kappa shape index (κ1) is 17.1. The van der Waals surface area contributed by atoms with E-state index in [1.54, 1.807) is 6.08 Å². The van der Waals surface area contributed by atoms with Crippen LogP contribution >= 0.6 is 11.3 Å². The van der Waals surface area contributed by atoms with E-state index in [-0.39, 0.29) is 11.7 Å². The fraction of sp³-hybridized carbons (Fsp3) is 0.462. The third kappa shape index (κ3) is 7.42. The molecule has 0 aliphatic carbocycles. The Morgan fingerprint density at radius 2 is 2.14 bits per heavy atom. The molecule has 0 aliphatic rings. The molecule has 7 nitrogen and oxygen atoms in total. The summed E-state index contributed by atoms with van der Waals surface area (Å²) in [4.78, 5) is 26.0. The average molecular weight is 313 g/mol. The summed E-state index contributed by atoms with van der Waals surface area (Å²) in [5.74, 6) is -1.04. The first-order chi connectivity index (χ1) is 10.1. The number of hydrogen-bond donors (Lipinski definition) is 3. The molecule has 0 bridgehead atoms. The summed E-state index contributed by atoms with van der Waals surface area (Å²) in [6.45, 7) is 5.47. The zero-order valence-electron chi connectivity index (χ0n) is 11.6. The number of rotatable bonds is 10. The standard InChI is InChI=1S/C13H19N3O4S/c1-2-3-7-20-8-6-15-13(19)14-5-4-11-16-10(9-21-11)12(17)18/h2,9H,1,3-8H2,(H,17,18)(H2,14,15,19). The van der Waals surface area contributed by atoms with Gasteiger partial charge in [0.15, 0.2) is 5.69 Å². The quantitative estimate of drug-likeness (QED) is 0.446. The second-order valence-corrected chi connectivity index (χ2v) is 5.00. The number of carboxylic acids is 1. The lowest BCUT2D eigenvalue weighted by molar-refractivity contribution is 0.0691. The van der Waals surface area contributed by atoms with Crippen LogP contribution in [-0.4, -0.2) is 48.4 Å². The molecule has 0 saturated heterocycles. The van der Waals surface area contributed by atoms with Crippen LogP contribution in [0.4, 0.5) is 4.79 Å². The number of thiazole rings is 1. The number of carbonyl (C=O) groups excluding carboxylic acids is 1. The maximum absolute atomic E-state index is 11.4. The van der Waals surface area contributed by atoms with Gasteiger partial charge in [0.05, 0.1) is 18.2 Å². The van der Waals surface area contributed by atoms with Crippen LogP contribution in [0.15, 0.2) is 18.0 Å². The smallest absolute Gasteiger partial charge is 0.355 e. The topological polar surface area (TPSA) is 101 Å². The summed E-state index contributed by atoms with van der Waals surface area (Å²) in [7, 11) is 0. The van der Waals surface area contributed by atoms with Gasteiger partial charge < -0.3 is 20.5 Å². The minimum Gasteiger partial charge on any atom is -0.476 e. The van der Waals surface area contributed by atoms with Crippen LogP contribution < -0.4 is 10.6 Å². The lowest BCUT2D eigenvalue weighted by Crippen LogP contribution is -2.38. The van der Waals surface area contributed by atoms with Gasteiger partial charge in [0, 0.05) is 24.9 Å². The Kier molecular flexibility index (Phi) is 8.07. The minimum atomic E-state index is -1.04. The van der Waals surface area contributed by atoms with Crippen LogP contribution in [0.1, 0.15) is 21.9 Å². The highest BCUT2D eigenvalue weighted by atomic mass is 32.1. The van der Waals surface area contributed by atoms with Gasteiger partial charge in [0.2, 0.25) is 0 Å². The van der Waals surface area contributed by atoms with E-state index in [1.807, 2.05) is 0 Å². The monoisotopic (exact) mass is 313 g/mol. The SMILES string of the molecule is C=CCCOCCNC(=O)NCCc1nc(C(=O)O)cs1. The summed E-state index contributed by atoms with van der Waals surface area (Å²) in [5, 5.41) is 16.2. The van der Waals surface area contributed by atoms with Gasteiger partial charge in [-0.25, -0.2) is 14.6 Å². The van der Waals surface area contributed by atoms with Crippen LogP contribution in [0.3, 0.4) is 0 Å². The van der Waals surface area contributed by atoms with Gasteiger partial charge in [-0.3, -0.25) is 0 Å². The molecule has 3 N–H and O–H groups in total. The number of carboxylic acid groups (broad SMARTS) is 1. The van der Waals surface area contributed by atoms with Gasteiger partial charge in [-0.2, -0.15) is 0 Å². The van der Waals surface area contributed by atoms with E-state index in [2.05, 4.69) is 22.2 Å². The Hall–Kier alpha value is -1.93. The van der Waals surface area contributed by atoms with Crippen molar-refractivity contribution in [2.24, 2.45) is 0 Å². The van der Waals surface area contributed by atoms with Gasteiger partial charge in [-0.15, -0.1) is 17.9 Å². The van der Waals surface area contributed by atoms with Crippen LogP contribution in [0.2, 0.25) is 0 Å². The summed E-state index contributed by atoms with van der Waals surface area (Å²) < 4.78 is 5.25. The highest BCUT2D eigenvalue weighted by Crippen LogP contribution is 2.09. The van der Waals surface area contributed by atoms with Gasteiger partial charge >= 0.3 is 12.0 Å². The first-order valence-corrected chi connectivity index (χ1v) is 7.39. The van der Waals surface area contributed by atoms with Gasteiger partial charge in [0.25, 0.3) is 0 Å². The number of carbonyl (C=O) groups is 2. The Morgan fingerprint density at radius 1 is 1.38 bits per heavy atom. The van der Waals surface area contributed by atoms with Gasteiger partial charge in [-0.05, 0) is 6.42 Å². The van der Waals surface area contributed by atoms with Crippen LogP contribution in [-0.2, 0) is 11.2 Å². The maximum atomic E-state index is 11.4. The van der Waals surface area contributed by atoms with Gasteiger partial charge in [0.1, 0.15) is 0 Å². The summed E-state index contributed by atoms with van der Waals surface area (Å²) in [6, 6.07) is -0.280. The molecule has 1 aromatic heterocycles. The Labute approximate surface area is 127 Å².